The van der Waals surface area contributed by atoms with Gasteiger partial charge in [0.15, 0.2) is 0 Å². The molecule has 5 nitrogen and oxygen atoms in total. The second-order valence-corrected chi connectivity index (χ2v) is 5.35. The molecule has 3 aliphatic rings. The van der Waals surface area contributed by atoms with E-state index in [1.165, 1.54) is 0 Å². The molecule has 94 valence electrons. The van der Waals surface area contributed by atoms with Crippen molar-refractivity contribution in [3.8, 4) is 0 Å². The van der Waals surface area contributed by atoms with E-state index in [4.69, 9.17) is 0 Å². The fourth-order valence-corrected chi connectivity index (χ4v) is 4.30. The summed E-state index contributed by atoms with van der Waals surface area (Å²) in [5.74, 6) is 0.0440. The Morgan fingerprint density at radius 2 is 2.00 bits per heavy atom. The molecule has 1 N–H and O–H groups in total. The first-order valence-corrected chi connectivity index (χ1v) is 5.95. The molecule has 0 aromatic rings. The van der Waals surface area contributed by atoms with Crippen LogP contribution in [0.5, 0.6) is 0 Å². The highest BCUT2D eigenvalue weighted by atomic mass is 19.3. The van der Waals surface area contributed by atoms with Gasteiger partial charge in [-0.1, -0.05) is 0 Å². The standard InChI is InChI=1S/C11H14FNO4/c12-17-11(16)13-4-7-5-1-2-6(3-5)8(7)9(13)10(14)15/h5-9H,1-4H2,(H,14,15). The zero-order valence-corrected chi connectivity index (χ0v) is 9.21. The van der Waals surface area contributed by atoms with Crippen LogP contribution in [-0.4, -0.2) is 34.7 Å². The molecule has 1 amide bonds. The van der Waals surface area contributed by atoms with E-state index in [9.17, 15) is 19.2 Å². The summed E-state index contributed by atoms with van der Waals surface area (Å²) in [6, 6.07) is -0.904. The number of halogens is 1. The maximum absolute atomic E-state index is 12.0. The largest absolute Gasteiger partial charge is 0.480 e. The van der Waals surface area contributed by atoms with Crippen LogP contribution in [0.1, 0.15) is 19.3 Å². The summed E-state index contributed by atoms with van der Waals surface area (Å²) in [7, 11) is 0. The van der Waals surface area contributed by atoms with Gasteiger partial charge in [-0.05, 0) is 42.9 Å². The zero-order chi connectivity index (χ0) is 12.2. The maximum Gasteiger partial charge on any atom is 0.448 e. The van der Waals surface area contributed by atoms with Crippen LogP contribution in [0.3, 0.4) is 0 Å². The topological polar surface area (TPSA) is 66.8 Å². The van der Waals surface area contributed by atoms with Gasteiger partial charge in [0, 0.05) is 11.1 Å². The van der Waals surface area contributed by atoms with Gasteiger partial charge in [-0.3, -0.25) is 4.90 Å². The van der Waals surface area contributed by atoms with E-state index in [-0.39, 0.29) is 11.8 Å². The average Bonchev–Trinajstić information content (AvgIpc) is 2.97. The minimum Gasteiger partial charge on any atom is -0.480 e. The third-order valence-corrected chi connectivity index (χ3v) is 4.82. The fourth-order valence-electron chi connectivity index (χ4n) is 4.30. The molecule has 5 unspecified atom stereocenters. The first-order chi connectivity index (χ1) is 8.13. The van der Waals surface area contributed by atoms with Crippen LogP contribution < -0.4 is 0 Å². The number of nitrogens with zero attached hydrogens (tertiary/aromatic N) is 1. The monoisotopic (exact) mass is 243 g/mol. The highest BCUT2D eigenvalue weighted by Crippen LogP contribution is 2.57. The van der Waals surface area contributed by atoms with Crippen molar-refractivity contribution in [3.63, 3.8) is 0 Å². The Morgan fingerprint density at radius 3 is 2.65 bits per heavy atom. The molecular formula is C11H14FNO4. The molecule has 3 fully saturated rings. The molecule has 0 aromatic heterocycles. The summed E-state index contributed by atoms with van der Waals surface area (Å²) in [6.07, 6.45) is 2.05. The average molecular weight is 243 g/mol. The van der Waals surface area contributed by atoms with Gasteiger partial charge in [0.1, 0.15) is 6.04 Å². The van der Waals surface area contributed by atoms with E-state index in [1.54, 1.807) is 0 Å². The van der Waals surface area contributed by atoms with E-state index < -0.39 is 18.1 Å². The second-order valence-electron chi connectivity index (χ2n) is 5.35. The molecule has 1 saturated heterocycles. The van der Waals surface area contributed by atoms with Gasteiger partial charge in [0.25, 0.3) is 0 Å². The van der Waals surface area contributed by atoms with Crippen LogP contribution in [0.25, 0.3) is 0 Å². The van der Waals surface area contributed by atoms with Crippen molar-refractivity contribution < 1.29 is 24.2 Å². The Kier molecular flexibility index (Phi) is 2.27. The van der Waals surface area contributed by atoms with Gasteiger partial charge in [0.2, 0.25) is 0 Å². The number of carboxylic acids is 1. The van der Waals surface area contributed by atoms with Crippen molar-refractivity contribution in [1.82, 2.24) is 4.90 Å². The number of hydrogen-bond donors (Lipinski definition) is 1. The predicted molar refractivity (Wildman–Crippen MR) is 53.5 cm³/mol. The van der Waals surface area contributed by atoms with Crippen molar-refractivity contribution in [2.24, 2.45) is 23.7 Å². The lowest BCUT2D eigenvalue weighted by molar-refractivity contribution is -0.145. The number of carboxylic acid groups (broad SMARTS) is 1. The van der Waals surface area contributed by atoms with Crippen molar-refractivity contribution in [2.45, 2.75) is 25.3 Å². The second kappa shape index (κ2) is 3.58. The number of carbonyl (C=O) groups is 2. The normalized spacial score (nSPS) is 42.6. The lowest BCUT2D eigenvalue weighted by Crippen LogP contribution is -2.44. The molecule has 1 heterocycles. The van der Waals surface area contributed by atoms with Crippen LogP contribution in [0.15, 0.2) is 0 Å². The van der Waals surface area contributed by atoms with Crippen molar-refractivity contribution >= 4 is 12.1 Å². The van der Waals surface area contributed by atoms with E-state index in [1.807, 2.05) is 0 Å². The SMILES string of the molecule is O=C(O)C1C2C3CCC(C3)C2CN1C(=O)OF. The molecule has 2 aliphatic carbocycles. The molecule has 2 saturated carbocycles. The zero-order valence-electron chi connectivity index (χ0n) is 9.21. The van der Waals surface area contributed by atoms with Gasteiger partial charge in [-0.15, -0.1) is 0 Å². The number of hydrogen-bond acceptors (Lipinski definition) is 3. The number of amides is 1. The third-order valence-electron chi connectivity index (χ3n) is 4.82. The summed E-state index contributed by atoms with van der Waals surface area (Å²) in [6.45, 7) is 0.325. The van der Waals surface area contributed by atoms with E-state index in [0.29, 0.717) is 18.4 Å². The van der Waals surface area contributed by atoms with Gasteiger partial charge in [-0.25, -0.2) is 14.5 Å². The summed E-state index contributed by atoms with van der Waals surface area (Å²) in [4.78, 5) is 26.8. The molecule has 5 atom stereocenters. The number of rotatable bonds is 1. The Balaban J connectivity index is 1.90. The highest BCUT2D eigenvalue weighted by molar-refractivity contribution is 5.81. The van der Waals surface area contributed by atoms with Crippen LogP contribution in [-0.2, 0) is 9.74 Å². The fraction of sp³-hybridized carbons (Fsp3) is 0.818. The Labute approximate surface area is 97.4 Å². The quantitative estimate of drug-likeness (QED) is 0.756. The molecular weight excluding hydrogens is 229 g/mol. The lowest BCUT2D eigenvalue weighted by atomic mass is 9.78. The van der Waals surface area contributed by atoms with Crippen molar-refractivity contribution in [1.29, 1.82) is 0 Å². The third kappa shape index (κ3) is 1.36. The van der Waals surface area contributed by atoms with Crippen molar-refractivity contribution in [2.75, 3.05) is 6.54 Å². The number of carbonyl (C=O) groups excluding carboxylic acids is 1. The summed E-state index contributed by atoms with van der Waals surface area (Å²) in [5, 5.41) is 9.23. The maximum atomic E-state index is 12.0. The Bertz CT molecular complexity index is 374. The van der Waals surface area contributed by atoms with Gasteiger partial charge in [0.05, 0.1) is 0 Å². The minimum atomic E-state index is -1.16. The molecule has 0 aromatic carbocycles. The number of likely N-dealkylation sites (tertiary alicyclic amines) is 1. The first kappa shape index (κ1) is 10.8. The molecule has 0 spiro atoms. The number of aliphatic carboxylic acids is 1. The number of fused-ring (bicyclic) bond motifs is 5. The molecule has 0 radical (unpaired) electrons. The Morgan fingerprint density at radius 1 is 1.29 bits per heavy atom. The van der Waals surface area contributed by atoms with E-state index in [2.05, 4.69) is 4.94 Å². The van der Waals surface area contributed by atoms with Crippen LogP contribution in [0, 0.1) is 23.7 Å². The van der Waals surface area contributed by atoms with Crippen LogP contribution >= 0.6 is 0 Å². The van der Waals surface area contributed by atoms with Crippen molar-refractivity contribution in [3.05, 3.63) is 0 Å². The smallest absolute Gasteiger partial charge is 0.448 e. The van der Waals surface area contributed by atoms with Crippen LogP contribution in [0.4, 0.5) is 9.32 Å². The van der Waals surface area contributed by atoms with Gasteiger partial charge < -0.3 is 5.11 Å². The molecule has 1 aliphatic heterocycles. The molecule has 2 bridgehead atoms. The summed E-state index contributed by atoms with van der Waals surface area (Å²) >= 11 is 0. The van der Waals surface area contributed by atoms with Gasteiger partial charge >= 0.3 is 12.1 Å². The van der Waals surface area contributed by atoms with E-state index in [0.717, 1.165) is 24.2 Å². The minimum absolute atomic E-state index is 0.00894. The highest BCUT2D eigenvalue weighted by Gasteiger charge is 2.59. The summed E-state index contributed by atoms with van der Waals surface area (Å²) < 4.78 is 12.0. The molecule has 6 heteroatoms. The van der Waals surface area contributed by atoms with Crippen LogP contribution in [0.2, 0.25) is 0 Å². The predicted octanol–water partition coefficient (Wildman–Crippen LogP) is 1.44. The molecule has 3 rings (SSSR count). The van der Waals surface area contributed by atoms with E-state index >= 15 is 0 Å². The lowest BCUT2D eigenvalue weighted by Gasteiger charge is -2.26. The summed E-state index contributed by atoms with van der Waals surface area (Å²) in [5.41, 5.74) is 0. The molecule has 17 heavy (non-hydrogen) atoms. The first-order valence-electron chi connectivity index (χ1n) is 5.95. The van der Waals surface area contributed by atoms with Gasteiger partial charge in [-0.2, -0.15) is 0 Å². The Hall–Kier alpha value is -1.33.